The van der Waals surface area contributed by atoms with Crippen LogP contribution in [0, 0.1) is 5.92 Å². The van der Waals surface area contributed by atoms with Gasteiger partial charge in [-0.1, -0.05) is 32.0 Å². The van der Waals surface area contributed by atoms with Crippen LogP contribution in [-0.2, 0) is 4.79 Å². The summed E-state index contributed by atoms with van der Waals surface area (Å²) in [5, 5.41) is 12.6. The Bertz CT molecular complexity index is 966. The summed E-state index contributed by atoms with van der Waals surface area (Å²) < 4.78 is 5.91. The normalized spacial score (nSPS) is 16.5. The number of benzene rings is 1. The molecular formula is C25H32N2O4S. The summed E-state index contributed by atoms with van der Waals surface area (Å²) in [4.78, 5) is 30.4. The molecule has 0 spiro atoms. The van der Waals surface area contributed by atoms with Gasteiger partial charge in [0.05, 0.1) is 23.1 Å². The van der Waals surface area contributed by atoms with E-state index in [4.69, 9.17) is 4.74 Å². The molecule has 1 amide bonds. The third-order valence-electron chi connectivity index (χ3n) is 5.44. The number of aliphatic hydroxyl groups is 1. The Kier molecular flexibility index (Phi) is 8.10. The van der Waals surface area contributed by atoms with E-state index in [0.29, 0.717) is 29.7 Å². The van der Waals surface area contributed by atoms with Gasteiger partial charge >= 0.3 is 0 Å². The molecule has 1 aromatic heterocycles. The van der Waals surface area contributed by atoms with Crippen molar-refractivity contribution in [2.24, 2.45) is 5.92 Å². The van der Waals surface area contributed by atoms with Crippen molar-refractivity contribution in [1.29, 1.82) is 0 Å². The lowest BCUT2D eigenvalue weighted by Crippen LogP contribution is -2.33. The Morgan fingerprint density at radius 2 is 2.03 bits per heavy atom. The minimum Gasteiger partial charge on any atom is -0.503 e. The standard InChI is InChI=1S/C25H32N2O4S/c1-17(2)11-14-31-19-9-5-8-18(16-19)22-21(23(28)20-10-6-15-32-20)24(29)25(30)27(22)13-7-12-26(3)4/h5-6,8-10,15-17,22,29H,7,11-14H2,1-4H3. The molecule has 2 heterocycles. The van der Waals surface area contributed by atoms with E-state index in [1.807, 2.05) is 48.6 Å². The number of thiophene rings is 1. The average molecular weight is 457 g/mol. The van der Waals surface area contributed by atoms with E-state index in [1.54, 1.807) is 17.0 Å². The van der Waals surface area contributed by atoms with Gasteiger partial charge in [0.2, 0.25) is 5.78 Å². The van der Waals surface area contributed by atoms with E-state index in [2.05, 4.69) is 13.8 Å². The highest BCUT2D eigenvalue weighted by atomic mass is 32.1. The van der Waals surface area contributed by atoms with Crippen LogP contribution in [0.15, 0.2) is 53.1 Å². The van der Waals surface area contributed by atoms with Gasteiger partial charge in [0.25, 0.3) is 5.91 Å². The number of Topliss-reactive ketones (excluding diaryl/α,β-unsaturated/α-hetero) is 1. The number of aliphatic hydroxyl groups excluding tert-OH is 1. The molecule has 7 heteroatoms. The number of ether oxygens (including phenoxy) is 1. The van der Waals surface area contributed by atoms with Crippen molar-refractivity contribution < 1.29 is 19.4 Å². The van der Waals surface area contributed by atoms with Crippen molar-refractivity contribution in [3.8, 4) is 5.75 Å². The molecule has 0 aliphatic carbocycles. The van der Waals surface area contributed by atoms with Crippen LogP contribution in [0.5, 0.6) is 5.75 Å². The average Bonchev–Trinajstić information content (AvgIpc) is 3.36. The Labute approximate surface area is 194 Å². The predicted octanol–water partition coefficient (Wildman–Crippen LogP) is 4.70. The Morgan fingerprint density at radius 3 is 2.69 bits per heavy atom. The van der Waals surface area contributed by atoms with Crippen molar-refractivity contribution in [1.82, 2.24) is 9.80 Å². The third kappa shape index (κ3) is 5.58. The lowest BCUT2D eigenvalue weighted by Gasteiger charge is -2.27. The maximum atomic E-state index is 13.3. The lowest BCUT2D eigenvalue weighted by molar-refractivity contribution is -0.129. The van der Waals surface area contributed by atoms with Crippen LogP contribution in [0.3, 0.4) is 0 Å². The minimum atomic E-state index is -0.645. The number of hydrogen-bond acceptors (Lipinski definition) is 6. The molecular weight excluding hydrogens is 424 g/mol. The Morgan fingerprint density at radius 1 is 1.25 bits per heavy atom. The first-order chi connectivity index (χ1) is 15.3. The molecule has 0 radical (unpaired) electrons. The summed E-state index contributed by atoms with van der Waals surface area (Å²) in [5.41, 5.74) is 0.899. The third-order valence-corrected chi connectivity index (χ3v) is 6.30. The van der Waals surface area contributed by atoms with E-state index in [0.717, 1.165) is 24.9 Å². The molecule has 0 bridgehead atoms. The molecule has 0 fully saturated rings. The van der Waals surface area contributed by atoms with Gasteiger partial charge in [0.15, 0.2) is 5.76 Å². The first-order valence-electron chi connectivity index (χ1n) is 11.0. The highest BCUT2D eigenvalue weighted by molar-refractivity contribution is 7.12. The zero-order valence-electron chi connectivity index (χ0n) is 19.2. The SMILES string of the molecule is CC(C)CCOc1cccc(C2C(C(=O)c3cccs3)=C(O)C(=O)N2CCCN(C)C)c1. The van der Waals surface area contributed by atoms with Crippen molar-refractivity contribution in [3.05, 3.63) is 63.6 Å². The largest absolute Gasteiger partial charge is 0.503 e. The van der Waals surface area contributed by atoms with Crippen molar-refractivity contribution in [2.45, 2.75) is 32.7 Å². The van der Waals surface area contributed by atoms with Crippen LogP contribution in [0.2, 0.25) is 0 Å². The zero-order valence-corrected chi connectivity index (χ0v) is 20.0. The molecule has 1 unspecified atom stereocenters. The second kappa shape index (κ2) is 10.8. The molecule has 1 aliphatic rings. The molecule has 1 N–H and O–H groups in total. The van der Waals surface area contributed by atoms with Crippen LogP contribution in [0.4, 0.5) is 0 Å². The maximum Gasteiger partial charge on any atom is 0.290 e. The lowest BCUT2D eigenvalue weighted by atomic mass is 9.95. The number of hydrogen-bond donors (Lipinski definition) is 1. The Balaban J connectivity index is 1.94. The molecule has 1 aliphatic heterocycles. The van der Waals surface area contributed by atoms with Gasteiger partial charge in [-0.05, 0) is 68.5 Å². The van der Waals surface area contributed by atoms with Crippen molar-refractivity contribution in [2.75, 3.05) is 33.8 Å². The first kappa shape index (κ1) is 24.0. The second-order valence-electron chi connectivity index (χ2n) is 8.73. The zero-order chi connectivity index (χ0) is 23.3. The first-order valence-corrected chi connectivity index (χ1v) is 11.9. The van der Waals surface area contributed by atoms with Crippen molar-refractivity contribution >= 4 is 23.0 Å². The number of amides is 1. The van der Waals surface area contributed by atoms with Crippen LogP contribution in [0.25, 0.3) is 0 Å². The number of nitrogens with zero attached hydrogens (tertiary/aromatic N) is 2. The molecule has 32 heavy (non-hydrogen) atoms. The van der Waals surface area contributed by atoms with E-state index in [1.165, 1.54) is 11.3 Å². The smallest absolute Gasteiger partial charge is 0.290 e. The highest BCUT2D eigenvalue weighted by Gasteiger charge is 2.43. The number of ketones is 1. The Hall–Kier alpha value is -2.64. The van der Waals surface area contributed by atoms with Gasteiger partial charge in [0.1, 0.15) is 5.75 Å². The summed E-state index contributed by atoms with van der Waals surface area (Å²) in [7, 11) is 3.95. The molecule has 172 valence electrons. The summed E-state index contributed by atoms with van der Waals surface area (Å²) in [6.45, 7) is 6.12. The van der Waals surface area contributed by atoms with Gasteiger partial charge in [-0.25, -0.2) is 0 Å². The summed E-state index contributed by atoms with van der Waals surface area (Å²) >= 11 is 1.30. The van der Waals surface area contributed by atoms with Crippen LogP contribution in [-0.4, -0.2) is 60.4 Å². The van der Waals surface area contributed by atoms with E-state index in [9.17, 15) is 14.7 Å². The molecule has 6 nitrogen and oxygen atoms in total. The summed E-state index contributed by atoms with van der Waals surface area (Å²) in [6.07, 6.45) is 1.67. The predicted molar refractivity (Wildman–Crippen MR) is 127 cm³/mol. The fourth-order valence-electron chi connectivity index (χ4n) is 3.75. The molecule has 3 rings (SSSR count). The van der Waals surface area contributed by atoms with Gasteiger partial charge in [-0.15, -0.1) is 11.3 Å². The van der Waals surface area contributed by atoms with Gasteiger partial charge in [-0.2, -0.15) is 0 Å². The molecule has 0 saturated heterocycles. The second-order valence-corrected chi connectivity index (χ2v) is 9.68. The van der Waals surface area contributed by atoms with Gasteiger partial charge < -0.3 is 19.6 Å². The summed E-state index contributed by atoms with van der Waals surface area (Å²) in [6, 6.07) is 10.4. The summed E-state index contributed by atoms with van der Waals surface area (Å²) in [5.74, 6) is -0.0351. The number of rotatable bonds is 11. The molecule has 2 aromatic rings. The van der Waals surface area contributed by atoms with Gasteiger partial charge in [-0.3, -0.25) is 9.59 Å². The van der Waals surface area contributed by atoms with Crippen LogP contribution in [0.1, 0.15) is 48.0 Å². The fraction of sp³-hybridized carbons (Fsp3) is 0.440. The topological polar surface area (TPSA) is 70.1 Å². The van der Waals surface area contributed by atoms with Gasteiger partial charge in [0, 0.05) is 6.54 Å². The monoisotopic (exact) mass is 456 g/mol. The van der Waals surface area contributed by atoms with Crippen LogP contribution < -0.4 is 4.74 Å². The maximum absolute atomic E-state index is 13.3. The number of carbonyl (C=O) groups is 2. The van der Waals surface area contributed by atoms with Crippen LogP contribution >= 0.6 is 11.3 Å². The quantitative estimate of drug-likeness (QED) is 0.496. The molecule has 1 aromatic carbocycles. The highest BCUT2D eigenvalue weighted by Crippen LogP contribution is 2.40. The fourth-order valence-corrected chi connectivity index (χ4v) is 4.43. The van der Waals surface area contributed by atoms with E-state index in [-0.39, 0.29) is 11.4 Å². The van der Waals surface area contributed by atoms with Crippen molar-refractivity contribution in [3.63, 3.8) is 0 Å². The molecule has 1 atom stereocenters. The number of carbonyl (C=O) groups excluding carboxylic acids is 2. The minimum absolute atomic E-state index is 0.140. The molecule has 0 saturated carbocycles. The van der Waals surface area contributed by atoms with E-state index >= 15 is 0 Å². The van der Waals surface area contributed by atoms with E-state index < -0.39 is 17.7 Å².